The van der Waals surface area contributed by atoms with Gasteiger partial charge in [0.25, 0.3) is 0 Å². The SMILES string of the molecule is Clc1ccc(Cl)c(CNc2ccc3c(c2)CCO3)c1. The van der Waals surface area contributed by atoms with Crippen LogP contribution in [0.5, 0.6) is 5.75 Å². The summed E-state index contributed by atoms with van der Waals surface area (Å²) in [6.45, 7) is 1.43. The molecule has 0 radical (unpaired) electrons. The van der Waals surface area contributed by atoms with Gasteiger partial charge in [-0.1, -0.05) is 23.2 Å². The molecule has 3 rings (SSSR count). The van der Waals surface area contributed by atoms with Gasteiger partial charge in [0.1, 0.15) is 5.75 Å². The summed E-state index contributed by atoms with van der Waals surface area (Å²) in [6, 6.07) is 11.6. The van der Waals surface area contributed by atoms with E-state index < -0.39 is 0 Å². The minimum atomic E-state index is 0.652. The van der Waals surface area contributed by atoms with E-state index in [1.807, 2.05) is 24.3 Å². The van der Waals surface area contributed by atoms with Crippen LogP contribution in [0.15, 0.2) is 36.4 Å². The largest absolute Gasteiger partial charge is 0.493 e. The number of nitrogens with one attached hydrogen (secondary N) is 1. The quantitative estimate of drug-likeness (QED) is 0.897. The summed E-state index contributed by atoms with van der Waals surface area (Å²) in [6.07, 6.45) is 0.975. The molecule has 2 aromatic carbocycles. The van der Waals surface area contributed by atoms with Crippen LogP contribution in [0.2, 0.25) is 10.0 Å². The lowest BCUT2D eigenvalue weighted by Crippen LogP contribution is -2.00. The fourth-order valence-electron chi connectivity index (χ4n) is 2.17. The second-order valence-electron chi connectivity index (χ2n) is 4.51. The Hall–Kier alpha value is -1.38. The van der Waals surface area contributed by atoms with Crippen molar-refractivity contribution in [1.82, 2.24) is 0 Å². The average molecular weight is 294 g/mol. The number of ether oxygens (including phenoxy) is 1. The average Bonchev–Trinajstić information content (AvgIpc) is 2.87. The molecule has 0 aliphatic carbocycles. The zero-order chi connectivity index (χ0) is 13.2. The van der Waals surface area contributed by atoms with Crippen molar-refractivity contribution >= 4 is 28.9 Å². The number of anilines is 1. The maximum absolute atomic E-state index is 6.14. The number of benzene rings is 2. The van der Waals surface area contributed by atoms with E-state index in [1.54, 1.807) is 6.07 Å². The van der Waals surface area contributed by atoms with Gasteiger partial charge in [-0.15, -0.1) is 0 Å². The Morgan fingerprint density at radius 2 is 2.00 bits per heavy atom. The maximum Gasteiger partial charge on any atom is 0.122 e. The Bertz CT molecular complexity index is 613. The van der Waals surface area contributed by atoms with Crippen molar-refractivity contribution in [3.63, 3.8) is 0 Å². The Kier molecular flexibility index (Phi) is 3.54. The van der Waals surface area contributed by atoms with Crippen molar-refractivity contribution in [1.29, 1.82) is 0 Å². The summed E-state index contributed by atoms with van der Waals surface area (Å²) in [7, 11) is 0. The molecule has 19 heavy (non-hydrogen) atoms. The Balaban J connectivity index is 1.74. The first-order chi connectivity index (χ1) is 9.22. The smallest absolute Gasteiger partial charge is 0.122 e. The normalized spacial score (nSPS) is 12.9. The molecule has 98 valence electrons. The molecule has 0 saturated heterocycles. The number of hydrogen-bond donors (Lipinski definition) is 1. The van der Waals surface area contributed by atoms with E-state index in [-0.39, 0.29) is 0 Å². The molecular formula is C15H13Cl2NO. The van der Waals surface area contributed by atoms with Crippen LogP contribution >= 0.6 is 23.2 Å². The van der Waals surface area contributed by atoms with E-state index in [9.17, 15) is 0 Å². The molecule has 0 bridgehead atoms. The second-order valence-corrected chi connectivity index (χ2v) is 5.35. The third kappa shape index (κ3) is 2.80. The van der Waals surface area contributed by atoms with Crippen molar-refractivity contribution in [2.75, 3.05) is 11.9 Å². The zero-order valence-corrected chi connectivity index (χ0v) is 11.8. The summed E-state index contributed by atoms with van der Waals surface area (Å²) in [4.78, 5) is 0. The summed E-state index contributed by atoms with van der Waals surface area (Å²) in [5.41, 5.74) is 3.31. The molecule has 4 heteroatoms. The van der Waals surface area contributed by atoms with E-state index in [0.29, 0.717) is 11.6 Å². The topological polar surface area (TPSA) is 21.3 Å². The number of rotatable bonds is 3. The summed E-state index contributed by atoms with van der Waals surface area (Å²) >= 11 is 12.1. The molecule has 0 amide bonds. The molecule has 0 unspecified atom stereocenters. The highest BCUT2D eigenvalue weighted by Crippen LogP contribution is 2.28. The fraction of sp³-hybridized carbons (Fsp3) is 0.200. The fourth-order valence-corrected chi connectivity index (χ4v) is 2.55. The lowest BCUT2D eigenvalue weighted by molar-refractivity contribution is 0.357. The van der Waals surface area contributed by atoms with Gasteiger partial charge in [0.2, 0.25) is 0 Å². The molecule has 0 saturated carbocycles. The first-order valence-electron chi connectivity index (χ1n) is 6.16. The highest BCUT2D eigenvalue weighted by atomic mass is 35.5. The van der Waals surface area contributed by atoms with Gasteiger partial charge in [-0.2, -0.15) is 0 Å². The van der Waals surface area contributed by atoms with E-state index in [2.05, 4.69) is 11.4 Å². The number of fused-ring (bicyclic) bond motifs is 1. The van der Waals surface area contributed by atoms with Gasteiger partial charge in [-0.05, 0) is 47.5 Å². The van der Waals surface area contributed by atoms with Crippen LogP contribution in [-0.2, 0) is 13.0 Å². The molecule has 0 fully saturated rings. The minimum Gasteiger partial charge on any atom is -0.493 e. The van der Waals surface area contributed by atoms with Crippen LogP contribution in [0.25, 0.3) is 0 Å². The Labute approximate surface area is 122 Å². The summed E-state index contributed by atoms with van der Waals surface area (Å²) in [5.74, 6) is 0.992. The van der Waals surface area contributed by atoms with E-state index in [1.165, 1.54) is 5.56 Å². The third-order valence-corrected chi connectivity index (χ3v) is 3.78. The van der Waals surface area contributed by atoms with Crippen LogP contribution in [0.4, 0.5) is 5.69 Å². The van der Waals surface area contributed by atoms with Crippen molar-refractivity contribution in [3.05, 3.63) is 57.6 Å². The van der Waals surface area contributed by atoms with E-state index in [0.717, 1.165) is 35.1 Å². The van der Waals surface area contributed by atoms with Crippen LogP contribution < -0.4 is 10.1 Å². The van der Waals surface area contributed by atoms with Crippen LogP contribution in [-0.4, -0.2) is 6.61 Å². The number of hydrogen-bond acceptors (Lipinski definition) is 2. The van der Waals surface area contributed by atoms with Gasteiger partial charge in [-0.25, -0.2) is 0 Å². The first-order valence-corrected chi connectivity index (χ1v) is 6.91. The van der Waals surface area contributed by atoms with Crippen molar-refractivity contribution in [2.24, 2.45) is 0 Å². The molecule has 0 aromatic heterocycles. The number of halogens is 2. The van der Waals surface area contributed by atoms with Gasteiger partial charge in [0, 0.05) is 28.7 Å². The lowest BCUT2D eigenvalue weighted by atomic mass is 10.1. The first kappa shape index (κ1) is 12.6. The predicted octanol–water partition coefficient (Wildman–Crippen LogP) is 4.54. The van der Waals surface area contributed by atoms with Gasteiger partial charge < -0.3 is 10.1 Å². The zero-order valence-electron chi connectivity index (χ0n) is 10.2. The Morgan fingerprint density at radius 3 is 2.89 bits per heavy atom. The van der Waals surface area contributed by atoms with Crippen molar-refractivity contribution in [2.45, 2.75) is 13.0 Å². The second kappa shape index (κ2) is 5.32. The van der Waals surface area contributed by atoms with Gasteiger partial charge in [0.15, 0.2) is 0 Å². The summed E-state index contributed by atoms with van der Waals surface area (Å²) < 4.78 is 5.48. The van der Waals surface area contributed by atoms with Crippen LogP contribution in [0, 0.1) is 0 Å². The molecular weight excluding hydrogens is 281 g/mol. The monoisotopic (exact) mass is 293 g/mol. The van der Waals surface area contributed by atoms with Gasteiger partial charge >= 0.3 is 0 Å². The van der Waals surface area contributed by atoms with Crippen molar-refractivity contribution < 1.29 is 4.74 Å². The van der Waals surface area contributed by atoms with Crippen LogP contribution in [0.1, 0.15) is 11.1 Å². The highest BCUT2D eigenvalue weighted by molar-refractivity contribution is 6.33. The molecule has 0 atom stereocenters. The summed E-state index contributed by atoms with van der Waals surface area (Å²) in [5, 5.41) is 4.78. The Morgan fingerprint density at radius 1 is 1.11 bits per heavy atom. The molecule has 2 aromatic rings. The van der Waals surface area contributed by atoms with E-state index >= 15 is 0 Å². The maximum atomic E-state index is 6.14. The molecule has 2 nitrogen and oxygen atoms in total. The van der Waals surface area contributed by atoms with Gasteiger partial charge in [0.05, 0.1) is 6.61 Å². The molecule has 1 aliphatic heterocycles. The lowest BCUT2D eigenvalue weighted by Gasteiger charge is -2.09. The standard InChI is InChI=1S/C15H13Cl2NO/c16-12-1-3-14(17)11(7-12)9-18-13-2-4-15-10(8-13)5-6-19-15/h1-4,7-8,18H,5-6,9H2. The van der Waals surface area contributed by atoms with Gasteiger partial charge in [-0.3, -0.25) is 0 Å². The van der Waals surface area contributed by atoms with E-state index in [4.69, 9.17) is 27.9 Å². The molecule has 1 heterocycles. The highest BCUT2D eigenvalue weighted by Gasteiger charge is 2.11. The van der Waals surface area contributed by atoms with Crippen LogP contribution in [0.3, 0.4) is 0 Å². The van der Waals surface area contributed by atoms with Crippen molar-refractivity contribution in [3.8, 4) is 5.75 Å². The third-order valence-electron chi connectivity index (χ3n) is 3.18. The predicted molar refractivity (Wildman–Crippen MR) is 79.4 cm³/mol. The minimum absolute atomic E-state index is 0.652. The molecule has 1 aliphatic rings. The molecule has 1 N–H and O–H groups in total. The molecule has 0 spiro atoms.